The summed E-state index contributed by atoms with van der Waals surface area (Å²) in [7, 11) is 0. The van der Waals surface area contributed by atoms with Crippen molar-refractivity contribution in [1.29, 1.82) is 0 Å². The topological polar surface area (TPSA) is 58.2 Å². The zero-order valence-electron chi connectivity index (χ0n) is 8.60. The summed E-state index contributed by atoms with van der Waals surface area (Å²) in [6.07, 6.45) is 0.723. The van der Waals surface area contributed by atoms with Gasteiger partial charge < -0.3 is 10.6 Å². The molecule has 0 radical (unpaired) electrons. The van der Waals surface area contributed by atoms with Gasteiger partial charge in [-0.1, -0.05) is 13.8 Å². The second-order valence-corrected chi connectivity index (χ2v) is 3.55. The number of carbonyl (C=O) groups is 2. The highest BCUT2D eigenvalue weighted by atomic mass is 35.5. The van der Waals surface area contributed by atoms with E-state index in [2.05, 4.69) is 10.6 Å². The van der Waals surface area contributed by atoms with Crippen LogP contribution in [0, 0.1) is 5.92 Å². The summed E-state index contributed by atoms with van der Waals surface area (Å²) in [5.41, 5.74) is 0. The lowest BCUT2D eigenvalue weighted by atomic mass is 10.2. The van der Waals surface area contributed by atoms with Crippen molar-refractivity contribution in [3.63, 3.8) is 0 Å². The van der Waals surface area contributed by atoms with E-state index in [9.17, 15) is 9.59 Å². The molecule has 0 aromatic rings. The van der Waals surface area contributed by atoms with E-state index in [0.29, 0.717) is 13.1 Å². The fourth-order valence-corrected chi connectivity index (χ4v) is 0.874. The van der Waals surface area contributed by atoms with Crippen LogP contribution in [-0.2, 0) is 9.59 Å². The summed E-state index contributed by atoms with van der Waals surface area (Å²) in [5.74, 6) is -0.152. The molecule has 0 atom stereocenters. The molecule has 0 rings (SSSR count). The fraction of sp³-hybridized carbons (Fsp3) is 0.778. The van der Waals surface area contributed by atoms with Gasteiger partial charge >= 0.3 is 0 Å². The lowest BCUT2D eigenvalue weighted by molar-refractivity contribution is -0.123. The zero-order chi connectivity index (χ0) is 11.0. The Bertz CT molecular complexity index is 195. The van der Waals surface area contributed by atoms with Crippen molar-refractivity contribution in [3.8, 4) is 0 Å². The third kappa shape index (κ3) is 6.71. The highest BCUT2D eigenvalue weighted by molar-refractivity contribution is 6.27. The second kappa shape index (κ2) is 7.62. The van der Waals surface area contributed by atoms with Crippen LogP contribution in [0.5, 0.6) is 0 Å². The smallest absolute Gasteiger partial charge is 0.234 e. The minimum Gasteiger partial charge on any atom is -0.356 e. The molecule has 2 amide bonds. The minimum absolute atomic E-state index is 0.00688. The molecule has 0 aliphatic heterocycles. The Balaban J connectivity index is 3.30. The Hall–Kier alpha value is -0.770. The zero-order valence-corrected chi connectivity index (χ0v) is 9.36. The Labute approximate surface area is 89.4 Å². The first-order chi connectivity index (χ1) is 6.57. The SMILES string of the molecule is CC(C)C(=O)NCCCNC(=O)CCl. The highest BCUT2D eigenvalue weighted by Gasteiger charge is 2.04. The molecule has 0 spiro atoms. The number of nitrogens with one attached hydrogen (secondary N) is 2. The standard InChI is InChI=1S/C9H17ClN2O2/c1-7(2)9(14)12-5-3-4-11-8(13)6-10/h7H,3-6H2,1-2H3,(H,11,13)(H,12,14). The van der Waals surface area contributed by atoms with Gasteiger partial charge in [0.2, 0.25) is 11.8 Å². The molecule has 0 aliphatic rings. The molecular formula is C9H17ClN2O2. The van der Waals surface area contributed by atoms with Gasteiger partial charge in [-0.2, -0.15) is 0 Å². The first-order valence-corrected chi connectivity index (χ1v) is 5.21. The summed E-state index contributed by atoms with van der Waals surface area (Å²) in [6, 6.07) is 0. The van der Waals surface area contributed by atoms with Crippen molar-refractivity contribution in [2.45, 2.75) is 20.3 Å². The van der Waals surface area contributed by atoms with Crippen LogP contribution < -0.4 is 10.6 Å². The summed E-state index contributed by atoms with van der Waals surface area (Å²) < 4.78 is 0. The third-order valence-corrected chi connectivity index (χ3v) is 1.86. The molecular weight excluding hydrogens is 204 g/mol. The molecule has 0 unspecified atom stereocenters. The third-order valence-electron chi connectivity index (χ3n) is 1.62. The lowest BCUT2D eigenvalue weighted by Crippen LogP contribution is -2.32. The number of rotatable bonds is 6. The molecule has 14 heavy (non-hydrogen) atoms. The number of alkyl halides is 1. The van der Waals surface area contributed by atoms with Gasteiger partial charge in [-0.05, 0) is 6.42 Å². The number of amides is 2. The number of carbonyl (C=O) groups excluding carboxylic acids is 2. The fourth-order valence-electron chi connectivity index (χ4n) is 0.779. The summed E-state index contributed by atoms with van der Waals surface area (Å²) in [4.78, 5) is 21.8. The molecule has 0 saturated carbocycles. The molecule has 82 valence electrons. The molecule has 0 aliphatic carbocycles. The normalized spacial score (nSPS) is 10.0. The van der Waals surface area contributed by atoms with Crippen LogP contribution in [0.15, 0.2) is 0 Å². The number of halogens is 1. The molecule has 0 saturated heterocycles. The molecule has 4 nitrogen and oxygen atoms in total. The lowest BCUT2D eigenvalue weighted by Gasteiger charge is -2.07. The Kier molecular flexibility index (Phi) is 7.20. The van der Waals surface area contributed by atoms with Gasteiger partial charge in [-0.15, -0.1) is 11.6 Å². The van der Waals surface area contributed by atoms with Crippen LogP contribution in [0.3, 0.4) is 0 Å². The van der Waals surface area contributed by atoms with Crippen molar-refractivity contribution in [2.24, 2.45) is 5.92 Å². The molecule has 0 bridgehead atoms. The Morgan fingerprint density at radius 3 is 2.29 bits per heavy atom. The van der Waals surface area contributed by atoms with Gasteiger partial charge in [0, 0.05) is 19.0 Å². The minimum atomic E-state index is -0.179. The van der Waals surface area contributed by atoms with Crippen LogP contribution >= 0.6 is 11.6 Å². The maximum absolute atomic E-state index is 11.1. The first kappa shape index (κ1) is 13.2. The van der Waals surface area contributed by atoms with Gasteiger partial charge in [0.15, 0.2) is 0 Å². The molecule has 0 heterocycles. The second-order valence-electron chi connectivity index (χ2n) is 3.28. The molecule has 0 aromatic heterocycles. The predicted octanol–water partition coefficient (Wildman–Crippen LogP) is 0.504. The number of hydrogen-bond donors (Lipinski definition) is 2. The van der Waals surface area contributed by atoms with E-state index in [1.54, 1.807) is 0 Å². The van der Waals surface area contributed by atoms with Gasteiger partial charge in [0.1, 0.15) is 5.88 Å². The van der Waals surface area contributed by atoms with E-state index < -0.39 is 0 Å². The van der Waals surface area contributed by atoms with Gasteiger partial charge in [0.25, 0.3) is 0 Å². The predicted molar refractivity (Wildman–Crippen MR) is 56.2 cm³/mol. The van der Waals surface area contributed by atoms with Crippen LogP contribution in [-0.4, -0.2) is 30.8 Å². The maximum Gasteiger partial charge on any atom is 0.234 e. The van der Waals surface area contributed by atoms with E-state index in [-0.39, 0.29) is 23.6 Å². The molecule has 5 heteroatoms. The first-order valence-electron chi connectivity index (χ1n) is 4.68. The average molecular weight is 221 g/mol. The summed E-state index contributed by atoms with van der Waals surface area (Å²) in [5, 5.41) is 5.36. The van der Waals surface area contributed by atoms with E-state index >= 15 is 0 Å². The van der Waals surface area contributed by atoms with Gasteiger partial charge in [0.05, 0.1) is 0 Å². The van der Waals surface area contributed by atoms with Crippen molar-refractivity contribution < 1.29 is 9.59 Å². The molecule has 2 N–H and O–H groups in total. The molecule has 0 fully saturated rings. The van der Waals surface area contributed by atoms with Crippen LogP contribution in [0.1, 0.15) is 20.3 Å². The van der Waals surface area contributed by atoms with Crippen molar-refractivity contribution in [2.75, 3.05) is 19.0 Å². The summed E-state index contributed by atoms with van der Waals surface area (Å²) in [6.45, 7) is 4.80. The van der Waals surface area contributed by atoms with Gasteiger partial charge in [-0.25, -0.2) is 0 Å². The highest BCUT2D eigenvalue weighted by Crippen LogP contribution is 1.89. The van der Waals surface area contributed by atoms with E-state index in [4.69, 9.17) is 11.6 Å². The Morgan fingerprint density at radius 2 is 1.79 bits per heavy atom. The van der Waals surface area contributed by atoms with Crippen LogP contribution in [0.25, 0.3) is 0 Å². The quantitative estimate of drug-likeness (QED) is 0.506. The van der Waals surface area contributed by atoms with Crippen LogP contribution in [0.2, 0.25) is 0 Å². The van der Waals surface area contributed by atoms with Crippen molar-refractivity contribution in [3.05, 3.63) is 0 Å². The van der Waals surface area contributed by atoms with Crippen molar-refractivity contribution >= 4 is 23.4 Å². The Morgan fingerprint density at radius 1 is 1.21 bits per heavy atom. The van der Waals surface area contributed by atoms with E-state index in [1.165, 1.54) is 0 Å². The van der Waals surface area contributed by atoms with E-state index in [1.807, 2.05) is 13.8 Å². The number of hydrogen-bond acceptors (Lipinski definition) is 2. The largest absolute Gasteiger partial charge is 0.356 e. The van der Waals surface area contributed by atoms with Crippen LogP contribution in [0.4, 0.5) is 0 Å². The maximum atomic E-state index is 11.1. The van der Waals surface area contributed by atoms with Gasteiger partial charge in [-0.3, -0.25) is 9.59 Å². The van der Waals surface area contributed by atoms with E-state index in [0.717, 1.165) is 6.42 Å². The summed E-state index contributed by atoms with van der Waals surface area (Å²) >= 11 is 5.28. The monoisotopic (exact) mass is 220 g/mol. The average Bonchev–Trinajstić information content (AvgIpc) is 2.16. The van der Waals surface area contributed by atoms with Crippen molar-refractivity contribution in [1.82, 2.24) is 10.6 Å². The molecule has 0 aromatic carbocycles.